The summed E-state index contributed by atoms with van der Waals surface area (Å²) >= 11 is 0. The molecular formula is C18H19N7O6. The first-order valence-corrected chi connectivity index (χ1v) is 9.16. The van der Waals surface area contributed by atoms with Crippen molar-refractivity contribution in [3.8, 4) is 5.75 Å². The van der Waals surface area contributed by atoms with Crippen LogP contribution in [0.25, 0.3) is 0 Å². The predicted octanol–water partition coefficient (Wildman–Crippen LogP) is 0.456. The molecule has 0 aliphatic rings. The van der Waals surface area contributed by atoms with Gasteiger partial charge in [-0.25, -0.2) is 0 Å². The molecule has 0 unspecified atom stereocenters. The van der Waals surface area contributed by atoms with Crippen LogP contribution in [0.4, 0.5) is 5.82 Å². The number of nitro groups is 1. The minimum absolute atomic E-state index is 0.00155. The van der Waals surface area contributed by atoms with Crippen LogP contribution in [0.15, 0.2) is 41.1 Å². The Labute approximate surface area is 175 Å². The largest absolute Gasteiger partial charge is 0.484 e. The van der Waals surface area contributed by atoms with E-state index in [1.807, 2.05) is 25.1 Å². The number of rotatable bonds is 10. The fraction of sp³-hybridized carbons (Fsp3) is 0.278. The Bertz CT molecular complexity index is 1080. The van der Waals surface area contributed by atoms with Gasteiger partial charge in [0.05, 0.1) is 17.4 Å². The van der Waals surface area contributed by atoms with E-state index in [0.29, 0.717) is 5.75 Å². The molecule has 162 valence electrons. The summed E-state index contributed by atoms with van der Waals surface area (Å²) in [6.45, 7) is 2.06. The molecule has 2 N–H and O–H groups in total. The first kappa shape index (κ1) is 21.4. The van der Waals surface area contributed by atoms with Gasteiger partial charge < -0.3 is 30.0 Å². The zero-order valence-corrected chi connectivity index (χ0v) is 16.5. The molecular weight excluding hydrogens is 410 g/mol. The maximum atomic E-state index is 12.0. The number of para-hydroxylation sites is 1. The molecule has 0 atom stereocenters. The Morgan fingerprint density at radius 3 is 2.74 bits per heavy atom. The van der Waals surface area contributed by atoms with Crippen molar-refractivity contribution in [2.75, 3.05) is 19.7 Å². The summed E-state index contributed by atoms with van der Waals surface area (Å²) in [5, 5.41) is 23.1. The van der Waals surface area contributed by atoms with Gasteiger partial charge in [0, 0.05) is 13.1 Å². The zero-order chi connectivity index (χ0) is 22.2. The molecule has 13 heteroatoms. The third kappa shape index (κ3) is 6.09. The average Bonchev–Trinajstić information content (AvgIpc) is 3.41. The molecule has 1 aromatic carbocycles. The summed E-state index contributed by atoms with van der Waals surface area (Å²) in [5.41, 5.74) is 0.923. The van der Waals surface area contributed by atoms with E-state index in [4.69, 9.17) is 9.26 Å². The average molecular weight is 429 g/mol. The molecule has 31 heavy (non-hydrogen) atoms. The molecule has 2 heterocycles. The third-order valence-electron chi connectivity index (χ3n) is 3.96. The molecule has 0 radical (unpaired) electrons. The second-order valence-corrected chi connectivity index (χ2v) is 6.30. The van der Waals surface area contributed by atoms with Gasteiger partial charge >= 0.3 is 17.6 Å². The number of nitrogens with one attached hydrogen (secondary N) is 2. The molecule has 0 saturated carbocycles. The molecule has 0 aliphatic heterocycles. The smallest absolute Gasteiger partial charge is 0.389 e. The highest BCUT2D eigenvalue weighted by Crippen LogP contribution is 2.15. The summed E-state index contributed by atoms with van der Waals surface area (Å²) in [6.07, 6.45) is 1.39. The van der Waals surface area contributed by atoms with Gasteiger partial charge in [-0.05, 0) is 23.5 Å². The van der Waals surface area contributed by atoms with Crippen LogP contribution in [0.2, 0.25) is 0 Å². The number of nitrogens with zero attached hydrogens (tertiary/aromatic N) is 5. The molecule has 0 bridgehead atoms. The lowest BCUT2D eigenvalue weighted by Crippen LogP contribution is -2.36. The van der Waals surface area contributed by atoms with E-state index in [1.165, 1.54) is 16.9 Å². The predicted molar refractivity (Wildman–Crippen MR) is 104 cm³/mol. The number of aromatic nitrogens is 4. The van der Waals surface area contributed by atoms with Crippen molar-refractivity contribution in [3.05, 3.63) is 63.9 Å². The minimum atomic E-state index is -0.626. The van der Waals surface area contributed by atoms with Crippen LogP contribution in [-0.2, 0) is 11.3 Å². The van der Waals surface area contributed by atoms with Gasteiger partial charge in [0.1, 0.15) is 12.3 Å². The Kier molecular flexibility index (Phi) is 6.88. The lowest BCUT2D eigenvalue weighted by molar-refractivity contribution is -0.389. The number of hydrogen-bond acceptors (Lipinski definition) is 9. The maximum absolute atomic E-state index is 12.0. The highest BCUT2D eigenvalue weighted by molar-refractivity contribution is 5.89. The van der Waals surface area contributed by atoms with Crippen molar-refractivity contribution >= 4 is 17.6 Å². The number of aryl methyl sites for hydroxylation is 1. The van der Waals surface area contributed by atoms with Gasteiger partial charge in [0.25, 0.3) is 5.91 Å². The summed E-state index contributed by atoms with van der Waals surface area (Å²) in [6, 6.07) is 8.58. The van der Waals surface area contributed by atoms with Crippen molar-refractivity contribution < 1.29 is 23.8 Å². The van der Waals surface area contributed by atoms with Gasteiger partial charge in [0.15, 0.2) is 12.4 Å². The van der Waals surface area contributed by atoms with Crippen molar-refractivity contribution in [2.24, 2.45) is 0 Å². The lowest BCUT2D eigenvalue weighted by Gasteiger charge is -2.09. The van der Waals surface area contributed by atoms with E-state index in [2.05, 4.69) is 25.9 Å². The van der Waals surface area contributed by atoms with E-state index < -0.39 is 10.8 Å². The number of benzene rings is 1. The topological polar surface area (TPSA) is 167 Å². The SMILES string of the molecule is Cc1ccccc1OCC(=O)NCCNC(=O)c1nc(Cn2ccc([N+](=O)[O-])n2)no1. The highest BCUT2D eigenvalue weighted by Gasteiger charge is 2.17. The Morgan fingerprint density at radius 2 is 2.00 bits per heavy atom. The molecule has 13 nitrogen and oxygen atoms in total. The summed E-state index contributed by atoms with van der Waals surface area (Å²) < 4.78 is 11.6. The number of ether oxygens (including phenoxy) is 1. The van der Waals surface area contributed by atoms with Gasteiger partial charge in [-0.2, -0.15) is 9.67 Å². The lowest BCUT2D eigenvalue weighted by atomic mass is 10.2. The number of amides is 2. The number of hydrogen-bond donors (Lipinski definition) is 2. The summed E-state index contributed by atoms with van der Waals surface area (Å²) in [7, 11) is 0. The Hall–Kier alpha value is -4.29. The first-order chi connectivity index (χ1) is 14.9. The highest BCUT2D eigenvalue weighted by atomic mass is 16.6. The van der Waals surface area contributed by atoms with Gasteiger partial charge in [-0.3, -0.25) is 9.59 Å². The third-order valence-corrected chi connectivity index (χ3v) is 3.96. The van der Waals surface area contributed by atoms with E-state index >= 15 is 0 Å². The van der Waals surface area contributed by atoms with E-state index in [0.717, 1.165) is 5.56 Å². The molecule has 0 spiro atoms. The Morgan fingerprint density at radius 1 is 1.23 bits per heavy atom. The van der Waals surface area contributed by atoms with Crippen molar-refractivity contribution in [1.82, 2.24) is 30.6 Å². The van der Waals surface area contributed by atoms with Crippen LogP contribution in [0.1, 0.15) is 22.1 Å². The molecule has 0 fully saturated rings. The molecule has 0 saturated heterocycles. The van der Waals surface area contributed by atoms with Crippen LogP contribution in [0.3, 0.4) is 0 Å². The van der Waals surface area contributed by atoms with Gasteiger partial charge in [-0.1, -0.05) is 23.4 Å². The zero-order valence-electron chi connectivity index (χ0n) is 16.5. The summed E-state index contributed by atoms with van der Waals surface area (Å²) in [5.74, 6) is -0.771. The summed E-state index contributed by atoms with van der Waals surface area (Å²) in [4.78, 5) is 37.8. The fourth-order valence-electron chi connectivity index (χ4n) is 2.46. The van der Waals surface area contributed by atoms with Crippen LogP contribution < -0.4 is 15.4 Å². The van der Waals surface area contributed by atoms with E-state index in [1.54, 1.807) is 6.07 Å². The molecule has 2 amide bonds. The first-order valence-electron chi connectivity index (χ1n) is 9.16. The van der Waals surface area contributed by atoms with E-state index in [-0.39, 0.29) is 49.7 Å². The number of carbonyl (C=O) groups is 2. The molecule has 3 aromatic rings. The van der Waals surface area contributed by atoms with E-state index in [9.17, 15) is 19.7 Å². The standard InChI is InChI=1S/C18H19N7O6/c1-12-4-2-3-5-13(12)30-11-16(26)19-7-8-20-17(27)18-21-14(23-31-18)10-24-9-6-15(22-24)25(28)29/h2-6,9H,7-8,10-11H2,1H3,(H,19,26)(H,20,27). The van der Waals surface area contributed by atoms with Crippen molar-refractivity contribution in [3.63, 3.8) is 0 Å². The second-order valence-electron chi connectivity index (χ2n) is 6.30. The van der Waals surface area contributed by atoms with Gasteiger partial charge in [-0.15, -0.1) is 0 Å². The Balaban J connectivity index is 1.37. The quantitative estimate of drug-likeness (QED) is 0.264. The minimum Gasteiger partial charge on any atom is -0.484 e. The second kappa shape index (κ2) is 9.96. The fourth-order valence-corrected chi connectivity index (χ4v) is 2.46. The maximum Gasteiger partial charge on any atom is 0.389 e. The van der Waals surface area contributed by atoms with Crippen LogP contribution in [0.5, 0.6) is 5.75 Å². The monoisotopic (exact) mass is 429 g/mol. The molecule has 2 aromatic heterocycles. The van der Waals surface area contributed by atoms with Crippen molar-refractivity contribution in [2.45, 2.75) is 13.5 Å². The van der Waals surface area contributed by atoms with Crippen LogP contribution in [0, 0.1) is 17.0 Å². The number of carbonyl (C=O) groups excluding carboxylic acids is 2. The van der Waals surface area contributed by atoms with Crippen LogP contribution >= 0.6 is 0 Å². The molecule has 0 aliphatic carbocycles. The van der Waals surface area contributed by atoms with Gasteiger partial charge in [0.2, 0.25) is 0 Å². The normalized spacial score (nSPS) is 10.5. The van der Waals surface area contributed by atoms with Crippen LogP contribution in [-0.4, -0.2) is 56.4 Å². The molecule has 3 rings (SSSR count). The van der Waals surface area contributed by atoms with Crippen molar-refractivity contribution in [1.29, 1.82) is 0 Å².